The molecule has 0 aliphatic heterocycles. The Kier molecular flexibility index (Phi) is 5.14. The highest BCUT2D eigenvalue weighted by molar-refractivity contribution is 5.88. The maximum Gasteiger partial charge on any atom is 0.244 e. The molecule has 1 saturated carbocycles. The summed E-state index contributed by atoms with van der Waals surface area (Å²) in [6.45, 7) is 3.76. The van der Waals surface area contributed by atoms with Gasteiger partial charge in [-0.1, -0.05) is 13.3 Å². The van der Waals surface area contributed by atoms with Gasteiger partial charge in [0.05, 0.1) is 5.92 Å². The molecular weight excluding hydrogens is 230 g/mol. The number of likely N-dealkylation sites (N-methyl/N-ethyl adjacent to an activating group) is 1. The molecule has 18 heavy (non-hydrogen) atoms. The van der Waals surface area contributed by atoms with Gasteiger partial charge in [-0.2, -0.15) is 0 Å². The van der Waals surface area contributed by atoms with Crippen LogP contribution < -0.4 is 11.1 Å². The largest absolute Gasteiger partial charge is 0.347 e. The Morgan fingerprint density at radius 2 is 1.94 bits per heavy atom. The van der Waals surface area contributed by atoms with Gasteiger partial charge in [0.2, 0.25) is 11.8 Å². The van der Waals surface area contributed by atoms with Gasteiger partial charge >= 0.3 is 0 Å². The Hall–Kier alpha value is -1.10. The lowest BCUT2D eigenvalue weighted by Crippen LogP contribution is -2.52. The van der Waals surface area contributed by atoms with E-state index in [9.17, 15) is 9.59 Å². The Morgan fingerprint density at radius 3 is 2.44 bits per heavy atom. The summed E-state index contributed by atoms with van der Waals surface area (Å²) in [5.74, 6) is -0.0654. The minimum atomic E-state index is -0.492. The quantitative estimate of drug-likeness (QED) is 0.763. The van der Waals surface area contributed by atoms with Crippen LogP contribution in [0.2, 0.25) is 0 Å². The zero-order valence-corrected chi connectivity index (χ0v) is 11.8. The second kappa shape index (κ2) is 6.18. The monoisotopic (exact) mass is 255 g/mol. The van der Waals surface area contributed by atoms with Crippen LogP contribution in [0.4, 0.5) is 0 Å². The molecular formula is C13H25N3O2. The third-order valence-corrected chi connectivity index (χ3v) is 3.74. The molecule has 3 N–H and O–H groups in total. The molecule has 1 aliphatic carbocycles. The van der Waals surface area contributed by atoms with Gasteiger partial charge in [-0.3, -0.25) is 9.59 Å². The SMILES string of the molecule is CC(NC(=O)C1C(C)CCCC1N)C(=O)N(C)C. The number of nitrogens with zero attached hydrogens (tertiary/aromatic N) is 1. The average Bonchev–Trinajstić information content (AvgIpc) is 2.27. The predicted octanol–water partition coefficient (Wildman–Crippen LogP) is 0.343. The lowest BCUT2D eigenvalue weighted by molar-refractivity contribution is -0.136. The van der Waals surface area contributed by atoms with E-state index in [1.807, 2.05) is 0 Å². The van der Waals surface area contributed by atoms with Crippen LogP contribution in [0.1, 0.15) is 33.1 Å². The second-order valence-electron chi connectivity index (χ2n) is 5.56. The van der Waals surface area contributed by atoms with Gasteiger partial charge in [0.1, 0.15) is 6.04 Å². The molecule has 0 bridgehead atoms. The van der Waals surface area contributed by atoms with E-state index in [0.717, 1.165) is 19.3 Å². The van der Waals surface area contributed by atoms with Crippen molar-refractivity contribution in [2.75, 3.05) is 14.1 Å². The first kappa shape index (κ1) is 15.0. The van der Waals surface area contributed by atoms with Crippen LogP contribution in [-0.2, 0) is 9.59 Å². The van der Waals surface area contributed by atoms with E-state index in [0.29, 0.717) is 0 Å². The fraction of sp³-hybridized carbons (Fsp3) is 0.846. The van der Waals surface area contributed by atoms with E-state index in [2.05, 4.69) is 12.2 Å². The van der Waals surface area contributed by atoms with Crippen molar-refractivity contribution >= 4 is 11.8 Å². The average molecular weight is 255 g/mol. The maximum atomic E-state index is 12.2. The van der Waals surface area contributed by atoms with Gasteiger partial charge in [-0.05, 0) is 25.7 Å². The first-order valence-electron chi connectivity index (χ1n) is 6.61. The summed E-state index contributed by atoms with van der Waals surface area (Å²) in [6, 6.07) is -0.579. The van der Waals surface area contributed by atoms with Crippen molar-refractivity contribution in [3.05, 3.63) is 0 Å². The fourth-order valence-electron chi connectivity index (χ4n) is 2.67. The number of hydrogen-bond donors (Lipinski definition) is 2. The van der Waals surface area contributed by atoms with Gasteiger partial charge < -0.3 is 16.0 Å². The zero-order chi connectivity index (χ0) is 13.9. The highest BCUT2D eigenvalue weighted by Gasteiger charge is 2.35. The Morgan fingerprint density at radius 1 is 1.33 bits per heavy atom. The van der Waals surface area contributed by atoms with Crippen LogP contribution in [0.15, 0.2) is 0 Å². The number of carbonyl (C=O) groups is 2. The minimum absolute atomic E-state index is 0.0857. The summed E-state index contributed by atoms with van der Waals surface area (Å²) in [5.41, 5.74) is 6.03. The number of carbonyl (C=O) groups excluding carboxylic acids is 2. The summed E-state index contributed by atoms with van der Waals surface area (Å²) < 4.78 is 0. The molecule has 0 aromatic carbocycles. The highest BCUT2D eigenvalue weighted by Crippen LogP contribution is 2.29. The second-order valence-corrected chi connectivity index (χ2v) is 5.56. The molecule has 5 nitrogen and oxygen atoms in total. The van der Waals surface area contributed by atoms with Gasteiger partial charge in [0.15, 0.2) is 0 Å². The van der Waals surface area contributed by atoms with Crippen molar-refractivity contribution in [1.82, 2.24) is 10.2 Å². The van der Waals surface area contributed by atoms with E-state index in [-0.39, 0.29) is 29.7 Å². The molecule has 0 aromatic rings. The number of nitrogens with one attached hydrogen (secondary N) is 1. The predicted molar refractivity (Wildman–Crippen MR) is 70.8 cm³/mol. The van der Waals surface area contributed by atoms with Crippen LogP contribution in [0.25, 0.3) is 0 Å². The van der Waals surface area contributed by atoms with Crippen LogP contribution in [0.3, 0.4) is 0 Å². The summed E-state index contributed by atoms with van der Waals surface area (Å²) in [6.07, 6.45) is 3.00. The number of nitrogens with two attached hydrogens (primary N) is 1. The van der Waals surface area contributed by atoms with Crippen molar-refractivity contribution in [2.24, 2.45) is 17.6 Å². The Balaban J connectivity index is 2.61. The molecule has 0 radical (unpaired) electrons. The summed E-state index contributed by atoms with van der Waals surface area (Å²) in [4.78, 5) is 25.4. The van der Waals surface area contributed by atoms with Crippen LogP contribution in [-0.4, -0.2) is 42.9 Å². The third kappa shape index (κ3) is 3.45. The Bertz CT molecular complexity index is 307. The van der Waals surface area contributed by atoms with E-state index in [1.165, 1.54) is 4.90 Å². The van der Waals surface area contributed by atoms with Crippen molar-refractivity contribution in [3.8, 4) is 0 Å². The van der Waals surface area contributed by atoms with Crippen LogP contribution in [0, 0.1) is 11.8 Å². The number of amides is 2. The molecule has 1 aliphatic rings. The molecule has 4 unspecified atom stereocenters. The Labute approximate surface area is 109 Å². The van der Waals surface area contributed by atoms with Crippen molar-refractivity contribution in [3.63, 3.8) is 0 Å². The molecule has 1 fully saturated rings. The zero-order valence-electron chi connectivity index (χ0n) is 11.8. The minimum Gasteiger partial charge on any atom is -0.347 e. The van der Waals surface area contributed by atoms with Crippen molar-refractivity contribution < 1.29 is 9.59 Å². The molecule has 2 amide bonds. The van der Waals surface area contributed by atoms with Crippen LogP contribution >= 0.6 is 0 Å². The molecule has 0 aromatic heterocycles. The van der Waals surface area contributed by atoms with Crippen molar-refractivity contribution in [1.29, 1.82) is 0 Å². The van der Waals surface area contributed by atoms with Gasteiger partial charge in [0.25, 0.3) is 0 Å². The highest BCUT2D eigenvalue weighted by atomic mass is 16.2. The molecule has 0 saturated heterocycles. The van der Waals surface area contributed by atoms with Crippen molar-refractivity contribution in [2.45, 2.75) is 45.2 Å². The summed E-state index contributed by atoms with van der Waals surface area (Å²) in [5, 5.41) is 2.78. The molecule has 104 valence electrons. The van der Waals surface area contributed by atoms with E-state index in [4.69, 9.17) is 5.73 Å². The first-order valence-corrected chi connectivity index (χ1v) is 6.61. The third-order valence-electron chi connectivity index (χ3n) is 3.74. The number of hydrogen-bond acceptors (Lipinski definition) is 3. The number of rotatable bonds is 3. The lowest BCUT2D eigenvalue weighted by atomic mass is 9.76. The summed E-state index contributed by atoms with van der Waals surface area (Å²) in [7, 11) is 3.36. The smallest absolute Gasteiger partial charge is 0.244 e. The first-order chi connectivity index (χ1) is 8.34. The van der Waals surface area contributed by atoms with Crippen LogP contribution in [0.5, 0.6) is 0 Å². The van der Waals surface area contributed by atoms with Gasteiger partial charge in [0, 0.05) is 20.1 Å². The van der Waals surface area contributed by atoms with E-state index >= 15 is 0 Å². The molecule has 4 atom stereocenters. The fourth-order valence-corrected chi connectivity index (χ4v) is 2.67. The lowest BCUT2D eigenvalue weighted by Gasteiger charge is -2.34. The molecule has 0 spiro atoms. The van der Waals surface area contributed by atoms with E-state index < -0.39 is 6.04 Å². The molecule has 5 heteroatoms. The normalized spacial score (nSPS) is 29.5. The topological polar surface area (TPSA) is 75.4 Å². The summed E-state index contributed by atoms with van der Waals surface area (Å²) >= 11 is 0. The maximum absolute atomic E-state index is 12.2. The van der Waals surface area contributed by atoms with Gasteiger partial charge in [-0.15, -0.1) is 0 Å². The molecule has 0 heterocycles. The van der Waals surface area contributed by atoms with Gasteiger partial charge in [-0.25, -0.2) is 0 Å². The molecule has 1 rings (SSSR count). The van der Waals surface area contributed by atoms with E-state index in [1.54, 1.807) is 21.0 Å². The standard InChI is InChI=1S/C13H25N3O2/c1-8-6-5-7-10(14)11(8)12(17)15-9(2)13(18)16(3)4/h8-11H,5-7,14H2,1-4H3,(H,15,17).